The molecule has 0 N–H and O–H groups in total. The van der Waals surface area contributed by atoms with Gasteiger partial charge in [0.05, 0.1) is 13.2 Å². The number of nitrogens with zero attached hydrogens (tertiary/aromatic N) is 2. The summed E-state index contributed by atoms with van der Waals surface area (Å²) in [5.41, 5.74) is 1.94. The number of halogens is 2. The third kappa shape index (κ3) is 6.46. The van der Waals surface area contributed by atoms with Gasteiger partial charge in [0.25, 0.3) is 5.91 Å². The summed E-state index contributed by atoms with van der Waals surface area (Å²) in [6, 6.07) is 15.7. The van der Waals surface area contributed by atoms with E-state index in [0.717, 1.165) is 0 Å². The van der Waals surface area contributed by atoms with Crippen LogP contribution in [0.2, 0.25) is 10.0 Å². The van der Waals surface area contributed by atoms with Crippen molar-refractivity contribution < 1.29 is 28.6 Å². The van der Waals surface area contributed by atoms with E-state index in [4.69, 9.17) is 37.4 Å². The Morgan fingerprint density at radius 3 is 2.08 bits per heavy atom. The molecule has 8 nitrogen and oxygen atoms in total. The van der Waals surface area contributed by atoms with E-state index >= 15 is 0 Å². The zero-order valence-electron chi connectivity index (χ0n) is 22.3. The highest BCUT2D eigenvalue weighted by atomic mass is 35.5. The number of amides is 1. The average Bonchev–Trinajstić information content (AvgIpc) is 2.96. The molecule has 0 aliphatic carbocycles. The third-order valence-electron chi connectivity index (χ3n) is 6.76. The summed E-state index contributed by atoms with van der Waals surface area (Å²) in [5, 5.41) is 1.05. The van der Waals surface area contributed by atoms with Crippen LogP contribution < -0.4 is 0 Å². The highest BCUT2D eigenvalue weighted by molar-refractivity contribution is 6.30. The van der Waals surface area contributed by atoms with Crippen molar-refractivity contribution in [1.29, 1.82) is 0 Å². The molecule has 2 aromatic carbocycles. The lowest BCUT2D eigenvalue weighted by atomic mass is 9.88. The molecule has 1 aliphatic heterocycles. The summed E-state index contributed by atoms with van der Waals surface area (Å²) in [5.74, 6) is -1.67. The number of hydrogen-bond donors (Lipinski definition) is 0. The number of aromatic nitrogens is 1. The average molecular weight is 585 g/mol. The number of hydrogen-bond acceptors (Lipinski definition) is 7. The Bertz CT molecular complexity index is 1320. The van der Waals surface area contributed by atoms with E-state index < -0.39 is 48.2 Å². The fourth-order valence-corrected chi connectivity index (χ4v) is 5.25. The molecule has 0 radical (unpaired) electrons. The summed E-state index contributed by atoms with van der Waals surface area (Å²) in [6.07, 6.45) is 0.875. The number of carbonyl (C=O) groups is 3. The SMILES string of the molecule is CCC[C@@H](C(=O)OC)N1C(=O)[C@@H]([C@@H](OC(C)=O)c2ccncc2)O[C@H](c2ccc(Cl)cc2)[C@@H]1c1ccc(Cl)cc1. The van der Waals surface area contributed by atoms with Crippen molar-refractivity contribution in [3.63, 3.8) is 0 Å². The summed E-state index contributed by atoms with van der Waals surface area (Å²) in [7, 11) is 1.29. The van der Waals surface area contributed by atoms with Gasteiger partial charge in [0.1, 0.15) is 12.1 Å². The van der Waals surface area contributed by atoms with Gasteiger partial charge in [-0.3, -0.25) is 14.6 Å². The Hall–Kier alpha value is -3.46. The van der Waals surface area contributed by atoms with Gasteiger partial charge in [0.15, 0.2) is 12.2 Å². The van der Waals surface area contributed by atoms with E-state index in [-0.39, 0.29) is 0 Å². The molecule has 10 heteroatoms. The molecule has 1 amide bonds. The summed E-state index contributed by atoms with van der Waals surface area (Å²) < 4.78 is 17.4. The molecule has 5 atom stereocenters. The van der Waals surface area contributed by atoms with Crippen molar-refractivity contribution in [1.82, 2.24) is 9.88 Å². The van der Waals surface area contributed by atoms with Crippen LogP contribution in [0.15, 0.2) is 73.1 Å². The molecule has 0 saturated carbocycles. The van der Waals surface area contributed by atoms with Crippen LogP contribution in [0.3, 0.4) is 0 Å². The highest BCUT2D eigenvalue weighted by Crippen LogP contribution is 2.46. The Labute approximate surface area is 243 Å². The van der Waals surface area contributed by atoms with E-state index in [1.807, 2.05) is 6.92 Å². The smallest absolute Gasteiger partial charge is 0.328 e. The summed E-state index contributed by atoms with van der Waals surface area (Å²) in [4.78, 5) is 45.5. The molecule has 0 unspecified atom stereocenters. The van der Waals surface area contributed by atoms with Crippen LogP contribution in [0, 0.1) is 0 Å². The van der Waals surface area contributed by atoms with Gasteiger partial charge in [-0.05, 0) is 59.5 Å². The van der Waals surface area contributed by atoms with Crippen LogP contribution >= 0.6 is 23.2 Å². The van der Waals surface area contributed by atoms with Crippen molar-refractivity contribution in [3.8, 4) is 0 Å². The lowest BCUT2D eigenvalue weighted by molar-refractivity contribution is -0.203. The summed E-state index contributed by atoms with van der Waals surface area (Å²) >= 11 is 12.4. The largest absolute Gasteiger partial charge is 0.467 e. The second-order valence-electron chi connectivity index (χ2n) is 9.41. The van der Waals surface area contributed by atoms with Gasteiger partial charge in [-0.15, -0.1) is 0 Å². The first-order valence-electron chi connectivity index (χ1n) is 12.9. The molecule has 3 aromatic rings. The first-order chi connectivity index (χ1) is 19.2. The Morgan fingerprint density at radius 2 is 1.55 bits per heavy atom. The predicted molar refractivity (Wildman–Crippen MR) is 150 cm³/mol. The van der Waals surface area contributed by atoms with Gasteiger partial charge < -0.3 is 19.1 Å². The monoisotopic (exact) mass is 584 g/mol. The fourth-order valence-electron chi connectivity index (χ4n) is 4.99. The van der Waals surface area contributed by atoms with Crippen LogP contribution in [0.25, 0.3) is 0 Å². The van der Waals surface area contributed by atoms with Gasteiger partial charge in [-0.1, -0.05) is 60.8 Å². The second-order valence-corrected chi connectivity index (χ2v) is 10.3. The predicted octanol–water partition coefficient (Wildman–Crippen LogP) is 6.04. The molecule has 4 rings (SSSR count). The minimum absolute atomic E-state index is 0.343. The molecule has 1 aromatic heterocycles. The molecule has 2 heterocycles. The van der Waals surface area contributed by atoms with Crippen LogP contribution in [-0.4, -0.2) is 47.0 Å². The highest BCUT2D eigenvalue weighted by Gasteiger charge is 2.51. The number of benzene rings is 2. The molecule has 0 bridgehead atoms. The number of rotatable bonds is 9. The number of morpholine rings is 1. The minimum Gasteiger partial charge on any atom is -0.467 e. The first-order valence-corrected chi connectivity index (χ1v) is 13.6. The van der Waals surface area contributed by atoms with Crippen LogP contribution in [0.1, 0.15) is 61.6 Å². The maximum Gasteiger partial charge on any atom is 0.328 e. The van der Waals surface area contributed by atoms with Gasteiger partial charge in [-0.25, -0.2) is 4.79 Å². The number of carbonyl (C=O) groups excluding carboxylic acids is 3. The molecular weight excluding hydrogens is 555 g/mol. The quantitative estimate of drug-likeness (QED) is 0.283. The molecule has 210 valence electrons. The summed E-state index contributed by atoms with van der Waals surface area (Å²) in [6.45, 7) is 3.19. The topological polar surface area (TPSA) is 95.0 Å². The van der Waals surface area contributed by atoms with Gasteiger partial charge in [0, 0.05) is 29.4 Å². The second kappa shape index (κ2) is 13.3. The Balaban J connectivity index is 1.94. The third-order valence-corrected chi connectivity index (χ3v) is 7.27. The normalized spacial score (nSPS) is 20.5. The zero-order chi connectivity index (χ0) is 28.8. The van der Waals surface area contributed by atoms with Crippen molar-refractivity contribution in [2.24, 2.45) is 0 Å². The van der Waals surface area contributed by atoms with Crippen molar-refractivity contribution in [2.45, 2.75) is 57.1 Å². The van der Waals surface area contributed by atoms with Crippen molar-refractivity contribution in [3.05, 3.63) is 99.8 Å². The van der Waals surface area contributed by atoms with E-state index in [0.29, 0.717) is 39.6 Å². The first kappa shape index (κ1) is 29.5. The van der Waals surface area contributed by atoms with Gasteiger partial charge in [-0.2, -0.15) is 0 Å². The van der Waals surface area contributed by atoms with Gasteiger partial charge in [0.2, 0.25) is 0 Å². The van der Waals surface area contributed by atoms with E-state index in [1.165, 1.54) is 18.9 Å². The maximum absolute atomic E-state index is 14.5. The molecular formula is C30H30Cl2N2O6. The molecule has 0 spiro atoms. The zero-order valence-corrected chi connectivity index (χ0v) is 23.8. The van der Waals surface area contributed by atoms with Crippen molar-refractivity contribution >= 4 is 41.0 Å². The van der Waals surface area contributed by atoms with Crippen LogP contribution in [0.4, 0.5) is 0 Å². The molecule has 40 heavy (non-hydrogen) atoms. The standard InChI is InChI=1S/C30H30Cl2N2O6/c1-4-5-24(30(37)38-3)34-25(19-6-10-22(31)11-7-19)26(20-8-12-23(32)13-9-20)40-28(29(34)36)27(39-18(2)35)21-14-16-33-17-15-21/h6-17,24-28H,4-5H2,1-3H3/t24-,25-,26+,27-,28+/m0/s1. The minimum atomic E-state index is -1.28. The van der Waals surface area contributed by atoms with E-state index in [9.17, 15) is 14.4 Å². The lowest BCUT2D eigenvalue weighted by Gasteiger charge is -2.48. The molecule has 1 fully saturated rings. The van der Waals surface area contributed by atoms with Crippen LogP contribution in [0.5, 0.6) is 0 Å². The maximum atomic E-state index is 14.5. The lowest BCUT2D eigenvalue weighted by Crippen LogP contribution is -2.58. The number of ether oxygens (including phenoxy) is 3. The van der Waals surface area contributed by atoms with Crippen molar-refractivity contribution in [2.75, 3.05) is 7.11 Å². The number of pyridine rings is 1. The molecule has 1 aliphatic rings. The van der Waals surface area contributed by atoms with Gasteiger partial charge >= 0.3 is 11.9 Å². The Morgan fingerprint density at radius 1 is 0.975 bits per heavy atom. The van der Waals surface area contributed by atoms with E-state index in [2.05, 4.69) is 4.98 Å². The Kier molecular flexibility index (Phi) is 9.79. The number of esters is 2. The molecule has 1 saturated heterocycles. The van der Waals surface area contributed by atoms with Crippen LogP contribution in [-0.2, 0) is 28.6 Å². The van der Waals surface area contributed by atoms with E-state index in [1.54, 1.807) is 73.1 Å². The fraction of sp³-hybridized carbons (Fsp3) is 0.333. The number of methoxy groups -OCH3 is 1.